The Morgan fingerprint density at radius 3 is 2.44 bits per heavy atom. The van der Waals surface area contributed by atoms with Crippen LogP contribution >= 0.6 is 27.7 Å². The molecule has 0 heterocycles. The molecular weight excluding hydrogens is 514 g/mol. The van der Waals surface area contributed by atoms with Crippen LogP contribution in [0.4, 0.5) is 0 Å². The van der Waals surface area contributed by atoms with Gasteiger partial charge in [0.15, 0.2) is 6.61 Å². The molecule has 0 saturated heterocycles. The van der Waals surface area contributed by atoms with Gasteiger partial charge in [-0.3, -0.25) is 9.59 Å². The van der Waals surface area contributed by atoms with E-state index in [4.69, 9.17) is 4.74 Å². The van der Waals surface area contributed by atoms with Gasteiger partial charge in [-0.2, -0.15) is 5.10 Å². The second kappa shape index (κ2) is 13.6. The van der Waals surface area contributed by atoms with E-state index in [9.17, 15) is 9.59 Å². The molecule has 2 amide bonds. The van der Waals surface area contributed by atoms with Crippen molar-refractivity contribution in [2.24, 2.45) is 5.10 Å². The van der Waals surface area contributed by atoms with Crippen molar-refractivity contribution in [3.8, 4) is 5.75 Å². The quantitative estimate of drug-likeness (QED) is 0.262. The number of carbonyl (C=O) groups excluding carboxylic acids is 2. The second-order valence-electron chi connectivity index (χ2n) is 7.43. The molecule has 0 bridgehead atoms. The fourth-order valence-corrected chi connectivity index (χ4v) is 4.42. The molecule has 2 N–H and O–H groups in total. The van der Waals surface area contributed by atoms with Gasteiger partial charge in [0, 0.05) is 10.2 Å². The summed E-state index contributed by atoms with van der Waals surface area (Å²) in [6, 6.07) is 24.7. The Morgan fingerprint density at radius 1 is 1.00 bits per heavy atom. The Balaban J connectivity index is 1.35. The van der Waals surface area contributed by atoms with E-state index in [1.54, 1.807) is 30.5 Å². The summed E-state index contributed by atoms with van der Waals surface area (Å²) in [5.41, 5.74) is 5.52. The highest BCUT2D eigenvalue weighted by molar-refractivity contribution is 9.10. The normalized spacial score (nSPS) is 11.7. The molecule has 0 aliphatic heterocycles. The van der Waals surface area contributed by atoms with Crippen LogP contribution in [0.2, 0.25) is 0 Å². The van der Waals surface area contributed by atoms with E-state index in [0.717, 1.165) is 26.9 Å². The first-order chi connectivity index (χ1) is 16.5. The molecule has 0 aliphatic carbocycles. The molecule has 34 heavy (non-hydrogen) atoms. The molecular formula is C26H26BrN3O3S. The van der Waals surface area contributed by atoms with Crippen LogP contribution in [0.15, 0.2) is 88.4 Å². The molecule has 3 rings (SSSR count). The third-order valence-corrected chi connectivity index (χ3v) is 6.53. The van der Waals surface area contributed by atoms with Gasteiger partial charge in [-0.1, -0.05) is 64.5 Å². The molecule has 0 fully saturated rings. The maximum Gasteiger partial charge on any atom is 0.258 e. The maximum absolute atomic E-state index is 12.1. The van der Waals surface area contributed by atoms with Crippen molar-refractivity contribution >= 4 is 45.7 Å². The van der Waals surface area contributed by atoms with Crippen LogP contribution in [-0.2, 0) is 15.3 Å². The molecule has 8 heteroatoms. The third-order valence-electron chi connectivity index (χ3n) is 4.78. The van der Waals surface area contributed by atoms with Crippen molar-refractivity contribution in [3.05, 3.63) is 100 Å². The number of halogens is 1. The zero-order valence-corrected chi connectivity index (χ0v) is 21.1. The van der Waals surface area contributed by atoms with Gasteiger partial charge in [0.1, 0.15) is 5.75 Å². The van der Waals surface area contributed by atoms with Gasteiger partial charge in [0.2, 0.25) is 5.91 Å². The largest absolute Gasteiger partial charge is 0.484 e. The zero-order chi connectivity index (χ0) is 24.2. The summed E-state index contributed by atoms with van der Waals surface area (Å²) in [6.45, 7) is 1.86. The first-order valence-electron chi connectivity index (χ1n) is 10.7. The molecule has 0 aliphatic rings. The van der Waals surface area contributed by atoms with E-state index < -0.39 is 0 Å². The predicted molar refractivity (Wildman–Crippen MR) is 141 cm³/mol. The van der Waals surface area contributed by atoms with Gasteiger partial charge in [-0.15, -0.1) is 11.8 Å². The minimum Gasteiger partial charge on any atom is -0.484 e. The van der Waals surface area contributed by atoms with E-state index in [0.29, 0.717) is 11.5 Å². The maximum atomic E-state index is 12.1. The first kappa shape index (κ1) is 25.5. The third kappa shape index (κ3) is 8.68. The lowest BCUT2D eigenvalue weighted by atomic mass is 10.1. The number of nitrogens with zero attached hydrogens (tertiary/aromatic N) is 1. The van der Waals surface area contributed by atoms with E-state index in [1.807, 2.05) is 61.5 Å². The van der Waals surface area contributed by atoms with Crippen LogP contribution in [0.5, 0.6) is 5.75 Å². The molecule has 0 aromatic heterocycles. The van der Waals surface area contributed by atoms with E-state index in [1.165, 1.54) is 11.8 Å². The summed E-state index contributed by atoms with van der Waals surface area (Å²) >= 11 is 5.03. The van der Waals surface area contributed by atoms with Crippen LogP contribution in [0.3, 0.4) is 0 Å². The van der Waals surface area contributed by atoms with Crippen molar-refractivity contribution in [1.29, 1.82) is 0 Å². The monoisotopic (exact) mass is 539 g/mol. The summed E-state index contributed by atoms with van der Waals surface area (Å²) in [5, 5.41) is 6.91. The molecule has 0 radical (unpaired) electrons. The molecule has 0 spiro atoms. The number of nitrogens with one attached hydrogen (secondary N) is 2. The zero-order valence-electron chi connectivity index (χ0n) is 18.7. The van der Waals surface area contributed by atoms with Gasteiger partial charge >= 0.3 is 0 Å². The van der Waals surface area contributed by atoms with E-state index in [2.05, 4.69) is 31.8 Å². The fraction of sp³-hybridized carbons (Fsp3) is 0.192. The Hall–Kier alpha value is -3.10. The average molecular weight is 540 g/mol. The fourth-order valence-electron chi connectivity index (χ4n) is 2.99. The highest BCUT2D eigenvalue weighted by atomic mass is 79.9. The lowest BCUT2D eigenvalue weighted by molar-refractivity contribution is -0.123. The van der Waals surface area contributed by atoms with E-state index in [-0.39, 0.29) is 24.5 Å². The first-order valence-corrected chi connectivity index (χ1v) is 12.7. The molecule has 3 aromatic carbocycles. The lowest BCUT2D eigenvalue weighted by Gasteiger charge is -2.14. The van der Waals surface area contributed by atoms with Crippen molar-refractivity contribution < 1.29 is 14.3 Å². The van der Waals surface area contributed by atoms with Gasteiger partial charge in [-0.25, -0.2) is 5.43 Å². The van der Waals surface area contributed by atoms with Crippen LogP contribution in [0.25, 0.3) is 0 Å². The standard InChI is InChI=1S/C26H26BrN3O3S/c1-19(21-7-3-2-4-8-21)29-25(31)16-33-23-13-11-20(12-14-23)15-28-30-26(32)18-34-17-22-9-5-6-10-24(22)27/h2-15,19H,16-18H2,1H3,(H,29,31)(H,30,32). The Bertz CT molecular complexity index is 1110. The molecule has 3 aromatic rings. The number of hydrogen-bond donors (Lipinski definition) is 2. The van der Waals surface area contributed by atoms with Gasteiger partial charge in [-0.05, 0) is 53.9 Å². The molecule has 1 atom stereocenters. The van der Waals surface area contributed by atoms with Crippen molar-refractivity contribution in [2.45, 2.75) is 18.7 Å². The number of thioether (sulfide) groups is 1. The molecule has 6 nitrogen and oxygen atoms in total. The summed E-state index contributed by atoms with van der Waals surface area (Å²) in [7, 11) is 0. The highest BCUT2D eigenvalue weighted by Gasteiger charge is 2.09. The number of rotatable bonds is 11. The van der Waals surface area contributed by atoms with Crippen LogP contribution in [0, 0.1) is 0 Å². The number of hydrazone groups is 1. The number of amides is 2. The topological polar surface area (TPSA) is 79.8 Å². The van der Waals surface area contributed by atoms with Gasteiger partial charge in [0.05, 0.1) is 18.0 Å². The lowest BCUT2D eigenvalue weighted by Crippen LogP contribution is -2.31. The van der Waals surface area contributed by atoms with Crippen LogP contribution in [-0.4, -0.2) is 30.4 Å². The smallest absolute Gasteiger partial charge is 0.258 e. The van der Waals surface area contributed by atoms with E-state index >= 15 is 0 Å². The Kier molecular flexibility index (Phi) is 10.2. The van der Waals surface area contributed by atoms with Gasteiger partial charge in [0.25, 0.3) is 5.91 Å². The summed E-state index contributed by atoms with van der Waals surface area (Å²) in [6.07, 6.45) is 1.56. The van der Waals surface area contributed by atoms with Crippen LogP contribution < -0.4 is 15.5 Å². The van der Waals surface area contributed by atoms with Gasteiger partial charge < -0.3 is 10.1 Å². The Morgan fingerprint density at radius 2 is 1.71 bits per heavy atom. The summed E-state index contributed by atoms with van der Waals surface area (Å²) < 4.78 is 6.60. The second-order valence-corrected chi connectivity index (χ2v) is 9.27. The molecule has 176 valence electrons. The SMILES string of the molecule is CC(NC(=O)COc1ccc(C=NNC(=O)CSCc2ccccc2Br)cc1)c1ccccc1. The number of ether oxygens (including phenoxy) is 1. The minimum absolute atomic E-state index is 0.0715. The van der Waals surface area contributed by atoms with Crippen molar-refractivity contribution in [3.63, 3.8) is 0 Å². The minimum atomic E-state index is -0.192. The van der Waals surface area contributed by atoms with Crippen LogP contribution in [0.1, 0.15) is 29.7 Å². The number of carbonyl (C=O) groups is 2. The average Bonchev–Trinajstić information content (AvgIpc) is 2.85. The highest BCUT2D eigenvalue weighted by Crippen LogP contribution is 2.21. The molecule has 1 unspecified atom stereocenters. The summed E-state index contributed by atoms with van der Waals surface area (Å²) in [4.78, 5) is 24.1. The Labute approximate surface area is 212 Å². The summed E-state index contributed by atoms with van der Waals surface area (Å²) in [5.74, 6) is 1.28. The number of hydrogen-bond acceptors (Lipinski definition) is 5. The van der Waals surface area contributed by atoms with Crippen molar-refractivity contribution in [1.82, 2.24) is 10.7 Å². The predicted octanol–water partition coefficient (Wildman–Crippen LogP) is 5.09. The molecule has 0 saturated carbocycles. The van der Waals surface area contributed by atoms with Crippen molar-refractivity contribution in [2.75, 3.05) is 12.4 Å². The number of benzene rings is 3.